The molecule has 0 spiro atoms. The van der Waals surface area contributed by atoms with Gasteiger partial charge in [0.2, 0.25) is 0 Å². The topological polar surface area (TPSA) is 64.4 Å². The van der Waals surface area contributed by atoms with Gasteiger partial charge >= 0.3 is 0 Å². The number of hydrogen-bond donors (Lipinski definition) is 1. The fourth-order valence-corrected chi connectivity index (χ4v) is 1.93. The highest BCUT2D eigenvalue weighted by Gasteiger charge is 2.12. The summed E-state index contributed by atoms with van der Waals surface area (Å²) in [6, 6.07) is 7.76. The third-order valence-corrected chi connectivity index (χ3v) is 3.21. The molecule has 1 aromatic carbocycles. The maximum absolute atomic E-state index is 11.9. The second kappa shape index (κ2) is 6.43. The zero-order valence-corrected chi connectivity index (χ0v) is 12.8. The van der Waals surface area contributed by atoms with E-state index in [2.05, 4.69) is 24.3 Å². The van der Waals surface area contributed by atoms with Crippen LogP contribution in [0.1, 0.15) is 36.8 Å². The second-order valence-electron chi connectivity index (χ2n) is 5.26. The molecule has 1 heterocycles. The Kier molecular flexibility index (Phi) is 4.62. The van der Waals surface area contributed by atoms with Gasteiger partial charge in [0.15, 0.2) is 12.4 Å². The number of carbonyl (C=O) groups excluding carboxylic acids is 1. The number of anilines is 1. The van der Waals surface area contributed by atoms with E-state index in [1.807, 2.05) is 24.3 Å². The normalized spacial score (nSPS) is 10.7. The Balaban J connectivity index is 1.89. The van der Waals surface area contributed by atoms with Crippen LogP contribution in [-0.4, -0.2) is 17.7 Å². The Hall–Kier alpha value is -2.30. The lowest BCUT2D eigenvalue weighted by Crippen LogP contribution is -2.20. The highest BCUT2D eigenvalue weighted by molar-refractivity contribution is 5.92. The predicted molar refractivity (Wildman–Crippen MR) is 80.6 cm³/mol. The molecule has 5 nitrogen and oxygen atoms in total. The summed E-state index contributed by atoms with van der Waals surface area (Å²) < 4.78 is 10.5. The van der Waals surface area contributed by atoms with Crippen LogP contribution in [0.15, 0.2) is 28.8 Å². The first-order valence-corrected chi connectivity index (χ1v) is 6.93. The molecule has 0 saturated carbocycles. The number of rotatable bonds is 5. The average molecular weight is 288 g/mol. The summed E-state index contributed by atoms with van der Waals surface area (Å²) in [5, 5.41) is 6.52. The summed E-state index contributed by atoms with van der Waals surface area (Å²) in [6.07, 6.45) is 0. The summed E-state index contributed by atoms with van der Waals surface area (Å²) in [5.74, 6) is 1.50. The largest absolute Gasteiger partial charge is 0.484 e. The van der Waals surface area contributed by atoms with Gasteiger partial charge < -0.3 is 14.6 Å². The van der Waals surface area contributed by atoms with Gasteiger partial charge in [-0.2, -0.15) is 0 Å². The summed E-state index contributed by atoms with van der Waals surface area (Å²) >= 11 is 0. The minimum Gasteiger partial charge on any atom is -0.484 e. The van der Waals surface area contributed by atoms with Gasteiger partial charge in [-0.3, -0.25) is 4.79 Å². The lowest BCUT2D eigenvalue weighted by atomic mass is 10.0. The molecule has 21 heavy (non-hydrogen) atoms. The van der Waals surface area contributed by atoms with Crippen LogP contribution in [0.5, 0.6) is 5.75 Å². The molecule has 1 N–H and O–H groups in total. The molecule has 0 radical (unpaired) electrons. The number of ether oxygens (including phenoxy) is 1. The van der Waals surface area contributed by atoms with Gasteiger partial charge in [-0.25, -0.2) is 0 Å². The van der Waals surface area contributed by atoms with Crippen molar-refractivity contribution >= 4 is 11.6 Å². The van der Waals surface area contributed by atoms with Crippen molar-refractivity contribution in [2.24, 2.45) is 0 Å². The van der Waals surface area contributed by atoms with Crippen LogP contribution in [0.3, 0.4) is 0 Å². The summed E-state index contributed by atoms with van der Waals surface area (Å²) in [6.45, 7) is 7.74. The highest BCUT2D eigenvalue weighted by atomic mass is 16.5. The van der Waals surface area contributed by atoms with Crippen molar-refractivity contribution in [3.8, 4) is 5.75 Å². The molecule has 112 valence electrons. The first-order chi connectivity index (χ1) is 9.97. The molecule has 1 amide bonds. The van der Waals surface area contributed by atoms with E-state index in [1.54, 1.807) is 13.8 Å². The third-order valence-electron chi connectivity index (χ3n) is 3.21. The van der Waals surface area contributed by atoms with Gasteiger partial charge in [0.25, 0.3) is 5.91 Å². The van der Waals surface area contributed by atoms with Crippen LogP contribution in [-0.2, 0) is 4.79 Å². The Morgan fingerprint density at radius 1 is 1.29 bits per heavy atom. The SMILES string of the molecule is Cc1noc(C)c1NC(=O)COc1ccc(C(C)C)cc1. The Labute approximate surface area is 124 Å². The number of nitrogens with one attached hydrogen (secondary N) is 1. The fraction of sp³-hybridized carbons (Fsp3) is 0.375. The standard InChI is InChI=1S/C16H20N2O3/c1-10(2)13-5-7-14(8-6-13)20-9-15(19)17-16-11(3)18-21-12(16)4/h5-8,10H,9H2,1-4H3,(H,17,19). The van der Waals surface area contributed by atoms with Crippen molar-refractivity contribution in [1.82, 2.24) is 5.16 Å². The maximum Gasteiger partial charge on any atom is 0.262 e. The number of amides is 1. The number of nitrogens with zero attached hydrogens (tertiary/aromatic N) is 1. The molecular weight excluding hydrogens is 268 g/mol. The van der Waals surface area contributed by atoms with Gasteiger partial charge in [0.1, 0.15) is 17.1 Å². The van der Waals surface area contributed by atoms with Crippen LogP contribution < -0.4 is 10.1 Å². The molecule has 5 heteroatoms. The lowest BCUT2D eigenvalue weighted by Gasteiger charge is -2.09. The first kappa shape index (κ1) is 15.1. The molecule has 0 atom stereocenters. The third kappa shape index (κ3) is 3.84. The van der Waals surface area contributed by atoms with Crippen molar-refractivity contribution in [2.75, 3.05) is 11.9 Å². The van der Waals surface area contributed by atoms with Crippen molar-refractivity contribution in [3.05, 3.63) is 41.3 Å². The Morgan fingerprint density at radius 3 is 2.48 bits per heavy atom. The molecule has 0 fully saturated rings. The van der Waals surface area contributed by atoms with E-state index in [0.717, 1.165) is 0 Å². The molecule has 0 unspecified atom stereocenters. The van der Waals surface area contributed by atoms with Crippen LogP contribution in [0.4, 0.5) is 5.69 Å². The molecule has 2 aromatic rings. The van der Waals surface area contributed by atoms with E-state index < -0.39 is 0 Å². The minimum atomic E-state index is -0.239. The Morgan fingerprint density at radius 2 is 1.95 bits per heavy atom. The molecule has 0 saturated heterocycles. The van der Waals surface area contributed by atoms with Crippen LogP contribution in [0, 0.1) is 13.8 Å². The number of carbonyl (C=O) groups is 1. The predicted octanol–water partition coefficient (Wildman–Crippen LogP) is 3.43. The second-order valence-corrected chi connectivity index (χ2v) is 5.26. The van der Waals surface area contributed by atoms with Crippen molar-refractivity contribution in [2.45, 2.75) is 33.6 Å². The number of aromatic nitrogens is 1. The van der Waals surface area contributed by atoms with E-state index >= 15 is 0 Å². The molecule has 0 aliphatic heterocycles. The van der Waals surface area contributed by atoms with Crippen molar-refractivity contribution in [3.63, 3.8) is 0 Å². The van der Waals surface area contributed by atoms with Gasteiger partial charge in [0.05, 0.1) is 0 Å². The smallest absolute Gasteiger partial charge is 0.262 e. The van der Waals surface area contributed by atoms with Gasteiger partial charge in [0, 0.05) is 0 Å². The fourth-order valence-electron chi connectivity index (χ4n) is 1.93. The van der Waals surface area contributed by atoms with Crippen LogP contribution in [0.25, 0.3) is 0 Å². The minimum absolute atomic E-state index is 0.0505. The van der Waals surface area contributed by atoms with E-state index in [0.29, 0.717) is 28.8 Å². The molecule has 0 bridgehead atoms. The van der Waals surface area contributed by atoms with Crippen molar-refractivity contribution in [1.29, 1.82) is 0 Å². The first-order valence-electron chi connectivity index (χ1n) is 6.93. The van der Waals surface area contributed by atoms with Gasteiger partial charge in [-0.1, -0.05) is 31.1 Å². The zero-order valence-electron chi connectivity index (χ0n) is 12.8. The molecule has 2 rings (SSSR count). The lowest BCUT2D eigenvalue weighted by molar-refractivity contribution is -0.118. The maximum atomic E-state index is 11.9. The van der Waals surface area contributed by atoms with E-state index in [1.165, 1.54) is 5.56 Å². The van der Waals surface area contributed by atoms with Crippen LogP contribution in [0.2, 0.25) is 0 Å². The summed E-state index contributed by atoms with van der Waals surface area (Å²) in [4.78, 5) is 11.9. The zero-order chi connectivity index (χ0) is 15.4. The molecule has 0 aliphatic rings. The molecular formula is C16H20N2O3. The van der Waals surface area contributed by atoms with Gasteiger partial charge in [-0.15, -0.1) is 0 Å². The quantitative estimate of drug-likeness (QED) is 0.915. The van der Waals surface area contributed by atoms with E-state index in [-0.39, 0.29) is 12.5 Å². The average Bonchev–Trinajstić information content (AvgIpc) is 2.77. The monoisotopic (exact) mass is 288 g/mol. The molecule has 0 aliphatic carbocycles. The van der Waals surface area contributed by atoms with Crippen LogP contribution >= 0.6 is 0 Å². The van der Waals surface area contributed by atoms with E-state index in [4.69, 9.17) is 9.26 Å². The van der Waals surface area contributed by atoms with Crippen molar-refractivity contribution < 1.29 is 14.1 Å². The highest BCUT2D eigenvalue weighted by Crippen LogP contribution is 2.20. The number of hydrogen-bond acceptors (Lipinski definition) is 4. The van der Waals surface area contributed by atoms with E-state index in [9.17, 15) is 4.79 Å². The summed E-state index contributed by atoms with van der Waals surface area (Å²) in [7, 11) is 0. The summed E-state index contributed by atoms with van der Waals surface area (Å²) in [5.41, 5.74) is 2.50. The number of benzene rings is 1. The number of aryl methyl sites for hydroxylation is 2. The van der Waals surface area contributed by atoms with Gasteiger partial charge in [-0.05, 0) is 37.5 Å². The Bertz CT molecular complexity index is 595. The molecule has 1 aromatic heterocycles.